The lowest BCUT2D eigenvalue weighted by Gasteiger charge is -2.26. The van der Waals surface area contributed by atoms with Crippen LogP contribution in [0.1, 0.15) is 24.0 Å². The minimum atomic E-state index is -0.356. The van der Waals surface area contributed by atoms with E-state index in [-0.39, 0.29) is 11.7 Å². The second-order valence-electron chi connectivity index (χ2n) is 5.07. The lowest BCUT2D eigenvalue weighted by molar-refractivity contribution is 0.626. The van der Waals surface area contributed by atoms with E-state index in [1.807, 2.05) is 0 Å². The van der Waals surface area contributed by atoms with Gasteiger partial charge in [-0.2, -0.15) is 11.3 Å². The van der Waals surface area contributed by atoms with Crippen molar-refractivity contribution in [3.8, 4) is 0 Å². The van der Waals surface area contributed by atoms with Crippen LogP contribution in [0.25, 0.3) is 0 Å². The highest BCUT2D eigenvalue weighted by Gasteiger charge is 2.31. The molecule has 1 aromatic heterocycles. The SMILES string of the molecule is N=C(N)c1cc(F)ccc1N(Cc1ccsc1)C1CC1. The number of thiophene rings is 1. The molecule has 3 nitrogen and oxygen atoms in total. The summed E-state index contributed by atoms with van der Waals surface area (Å²) in [7, 11) is 0. The number of nitrogen functional groups attached to an aromatic ring is 1. The predicted molar refractivity (Wildman–Crippen MR) is 80.9 cm³/mol. The highest BCUT2D eigenvalue weighted by molar-refractivity contribution is 7.07. The monoisotopic (exact) mass is 289 g/mol. The Hall–Kier alpha value is -1.88. The Labute approximate surface area is 121 Å². The average Bonchev–Trinajstić information content (AvgIpc) is 3.13. The van der Waals surface area contributed by atoms with E-state index in [1.54, 1.807) is 17.4 Å². The summed E-state index contributed by atoms with van der Waals surface area (Å²) in [6, 6.07) is 7.08. The predicted octanol–water partition coefficient (Wildman–Crippen LogP) is 3.34. The van der Waals surface area contributed by atoms with Crippen LogP contribution in [0, 0.1) is 11.2 Å². The van der Waals surface area contributed by atoms with Gasteiger partial charge in [0.25, 0.3) is 0 Å². The van der Waals surface area contributed by atoms with Gasteiger partial charge >= 0.3 is 0 Å². The summed E-state index contributed by atoms with van der Waals surface area (Å²) in [5, 5.41) is 11.8. The lowest BCUT2D eigenvalue weighted by atomic mass is 10.1. The Morgan fingerprint density at radius 2 is 2.20 bits per heavy atom. The van der Waals surface area contributed by atoms with E-state index in [1.165, 1.54) is 17.7 Å². The summed E-state index contributed by atoms with van der Waals surface area (Å²) in [5.41, 5.74) is 8.18. The lowest BCUT2D eigenvalue weighted by Crippen LogP contribution is -2.28. The number of nitrogens with zero attached hydrogens (tertiary/aromatic N) is 1. The zero-order chi connectivity index (χ0) is 14.1. The van der Waals surface area contributed by atoms with Crippen molar-refractivity contribution in [1.29, 1.82) is 5.41 Å². The summed E-state index contributed by atoms with van der Waals surface area (Å²) in [6.45, 7) is 0.778. The van der Waals surface area contributed by atoms with Gasteiger partial charge in [0.2, 0.25) is 0 Å². The van der Waals surface area contributed by atoms with Crippen LogP contribution >= 0.6 is 11.3 Å². The third-order valence-electron chi connectivity index (χ3n) is 3.48. The number of benzene rings is 1. The van der Waals surface area contributed by atoms with Gasteiger partial charge in [0.05, 0.1) is 0 Å². The molecule has 0 saturated heterocycles. The summed E-state index contributed by atoms with van der Waals surface area (Å²) in [5.74, 6) is -0.444. The maximum absolute atomic E-state index is 13.4. The molecule has 1 fully saturated rings. The van der Waals surface area contributed by atoms with E-state index >= 15 is 0 Å². The van der Waals surface area contributed by atoms with Crippen molar-refractivity contribution >= 4 is 22.9 Å². The third-order valence-corrected chi connectivity index (χ3v) is 4.21. The molecule has 1 saturated carbocycles. The van der Waals surface area contributed by atoms with Crippen molar-refractivity contribution in [2.75, 3.05) is 4.90 Å². The number of nitrogens with one attached hydrogen (secondary N) is 1. The summed E-state index contributed by atoms with van der Waals surface area (Å²) < 4.78 is 13.4. The molecule has 1 aliphatic carbocycles. The van der Waals surface area contributed by atoms with Gasteiger partial charge in [-0.15, -0.1) is 0 Å². The van der Waals surface area contributed by atoms with E-state index in [0.29, 0.717) is 11.6 Å². The molecule has 0 spiro atoms. The van der Waals surface area contributed by atoms with E-state index in [4.69, 9.17) is 11.1 Å². The number of anilines is 1. The Kier molecular flexibility index (Phi) is 3.44. The average molecular weight is 289 g/mol. The first-order chi connectivity index (χ1) is 9.65. The molecule has 5 heteroatoms. The smallest absolute Gasteiger partial charge is 0.125 e. The van der Waals surface area contributed by atoms with Crippen LogP contribution < -0.4 is 10.6 Å². The topological polar surface area (TPSA) is 53.1 Å². The van der Waals surface area contributed by atoms with Gasteiger partial charge in [-0.25, -0.2) is 4.39 Å². The molecule has 1 aromatic carbocycles. The van der Waals surface area contributed by atoms with Crippen LogP contribution in [-0.4, -0.2) is 11.9 Å². The highest BCUT2D eigenvalue weighted by atomic mass is 32.1. The zero-order valence-corrected chi connectivity index (χ0v) is 11.8. The van der Waals surface area contributed by atoms with Crippen LogP contribution in [0.5, 0.6) is 0 Å². The van der Waals surface area contributed by atoms with Gasteiger partial charge in [-0.05, 0) is 53.4 Å². The molecule has 104 valence electrons. The number of rotatable bonds is 5. The highest BCUT2D eigenvalue weighted by Crippen LogP contribution is 2.35. The minimum Gasteiger partial charge on any atom is -0.384 e. The first-order valence-electron chi connectivity index (χ1n) is 6.57. The Morgan fingerprint density at radius 1 is 1.40 bits per heavy atom. The van der Waals surface area contributed by atoms with Gasteiger partial charge in [0, 0.05) is 23.8 Å². The number of hydrogen-bond acceptors (Lipinski definition) is 3. The van der Waals surface area contributed by atoms with Crippen molar-refractivity contribution in [1.82, 2.24) is 0 Å². The molecule has 1 heterocycles. The summed E-state index contributed by atoms with van der Waals surface area (Å²) in [6.07, 6.45) is 2.28. The fraction of sp³-hybridized carbons (Fsp3) is 0.267. The van der Waals surface area contributed by atoms with Gasteiger partial charge in [-0.1, -0.05) is 0 Å². The molecule has 3 N–H and O–H groups in total. The molecule has 3 rings (SSSR count). The molecule has 20 heavy (non-hydrogen) atoms. The zero-order valence-electron chi connectivity index (χ0n) is 11.0. The largest absolute Gasteiger partial charge is 0.384 e. The number of amidine groups is 1. The van der Waals surface area contributed by atoms with E-state index < -0.39 is 0 Å². The Balaban J connectivity index is 1.97. The fourth-order valence-corrected chi connectivity index (χ4v) is 3.01. The van der Waals surface area contributed by atoms with Crippen LogP contribution in [-0.2, 0) is 6.54 Å². The van der Waals surface area contributed by atoms with Gasteiger partial charge < -0.3 is 10.6 Å². The second kappa shape index (κ2) is 5.25. The first-order valence-corrected chi connectivity index (χ1v) is 7.51. The molecular formula is C15H16FN3S. The van der Waals surface area contributed by atoms with E-state index in [2.05, 4.69) is 21.7 Å². The molecule has 1 aliphatic rings. The minimum absolute atomic E-state index is 0.0875. The quantitative estimate of drug-likeness (QED) is 0.655. The second-order valence-corrected chi connectivity index (χ2v) is 5.85. The third kappa shape index (κ3) is 2.67. The molecule has 0 radical (unpaired) electrons. The van der Waals surface area contributed by atoms with Crippen molar-refractivity contribution in [3.05, 3.63) is 52.0 Å². The number of halogens is 1. The Morgan fingerprint density at radius 3 is 2.80 bits per heavy atom. The maximum Gasteiger partial charge on any atom is 0.125 e. The maximum atomic E-state index is 13.4. The number of nitrogens with two attached hydrogens (primary N) is 1. The molecule has 0 atom stereocenters. The van der Waals surface area contributed by atoms with Crippen molar-refractivity contribution in [2.45, 2.75) is 25.4 Å². The van der Waals surface area contributed by atoms with Crippen LogP contribution in [0.2, 0.25) is 0 Å². The van der Waals surface area contributed by atoms with Crippen LogP contribution in [0.4, 0.5) is 10.1 Å². The molecule has 0 unspecified atom stereocenters. The molecule has 0 bridgehead atoms. The molecule has 0 amide bonds. The van der Waals surface area contributed by atoms with Crippen molar-refractivity contribution < 1.29 is 4.39 Å². The standard InChI is InChI=1S/C15H16FN3S/c16-11-1-4-14(13(7-11)15(17)18)19(12-2-3-12)8-10-5-6-20-9-10/h1,4-7,9,12H,2-3,8H2,(H3,17,18). The fourth-order valence-electron chi connectivity index (χ4n) is 2.35. The van der Waals surface area contributed by atoms with Crippen LogP contribution in [0.3, 0.4) is 0 Å². The first kappa shape index (κ1) is 13.1. The van der Waals surface area contributed by atoms with Crippen molar-refractivity contribution in [2.24, 2.45) is 5.73 Å². The van der Waals surface area contributed by atoms with E-state index in [9.17, 15) is 4.39 Å². The Bertz CT molecular complexity index is 620. The number of hydrogen-bond donors (Lipinski definition) is 2. The summed E-state index contributed by atoms with van der Waals surface area (Å²) in [4.78, 5) is 2.23. The normalized spacial score (nSPS) is 14.2. The van der Waals surface area contributed by atoms with Crippen LogP contribution in [0.15, 0.2) is 35.0 Å². The van der Waals surface area contributed by atoms with Gasteiger partial charge in [0.15, 0.2) is 0 Å². The summed E-state index contributed by atoms with van der Waals surface area (Å²) >= 11 is 1.67. The molecular weight excluding hydrogens is 273 g/mol. The molecule has 0 aliphatic heterocycles. The van der Waals surface area contributed by atoms with Gasteiger partial charge in [-0.3, -0.25) is 5.41 Å². The van der Waals surface area contributed by atoms with Gasteiger partial charge in [0.1, 0.15) is 11.7 Å². The van der Waals surface area contributed by atoms with E-state index in [0.717, 1.165) is 25.1 Å². The van der Waals surface area contributed by atoms with Crippen molar-refractivity contribution in [3.63, 3.8) is 0 Å². The molecule has 2 aromatic rings.